The summed E-state index contributed by atoms with van der Waals surface area (Å²) < 4.78 is 0.842. The summed E-state index contributed by atoms with van der Waals surface area (Å²) in [4.78, 5) is 6.61. The van der Waals surface area contributed by atoms with Crippen LogP contribution in [0.5, 0.6) is 0 Å². The van der Waals surface area contributed by atoms with Gasteiger partial charge in [-0.05, 0) is 26.0 Å². The number of hydrogen-bond donors (Lipinski definition) is 1. The van der Waals surface area contributed by atoms with Crippen LogP contribution in [0.2, 0.25) is 4.34 Å². The van der Waals surface area contributed by atoms with E-state index in [-0.39, 0.29) is 0 Å². The van der Waals surface area contributed by atoms with Crippen molar-refractivity contribution in [1.29, 1.82) is 0 Å². The average Bonchev–Trinajstić information content (AvgIpc) is 2.87. The fraction of sp³-hybridized carbons (Fsp3) is 0.364. The third-order valence-electron chi connectivity index (χ3n) is 2.40. The Labute approximate surface area is 108 Å². The van der Waals surface area contributed by atoms with Crippen molar-refractivity contribution in [1.82, 2.24) is 10.3 Å². The van der Waals surface area contributed by atoms with Gasteiger partial charge in [0.05, 0.1) is 9.85 Å². The zero-order chi connectivity index (χ0) is 11.5. The zero-order valence-electron chi connectivity index (χ0n) is 9.11. The molecule has 0 aliphatic rings. The number of aromatic nitrogens is 1. The van der Waals surface area contributed by atoms with Gasteiger partial charge in [-0.1, -0.05) is 11.6 Å². The summed E-state index contributed by atoms with van der Waals surface area (Å²) >= 11 is 9.23. The molecule has 2 atom stereocenters. The molecular formula is C11H13ClN2S2. The van der Waals surface area contributed by atoms with Crippen molar-refractivity contribution in [3.63, 3.8) is 0 Å². The molecule has 0 bridgehead atoms. The van der Waals surface area contributed by atoms with Crippen molar-refractivity contribution < 1.29 is 0 Å². The largest absolute Gasteiger partial charge is 0.302 e. The van der Waals surface area contributed by atoms with Crippen molar-refractivity contribution in [2.75, 3.05) is 0 Å². The fourth-order valence-electron chi connectivity index (χ4n) is 1.54. The lowest BCUT2D eigenvalue weighted by Crippen LogP contribution is -2.21. The third-order valence-corrected chi connectivity index (χ3v) is 4.77. The number of halogens is 1. The van der Waals surface area contributed by atoms with Gasteiger partial charge in [0.15, 0.2) is 0 Å². The second-order valence-electron chi connectivity index (χ2n) is 3.66. The molecule has 2 rings (SSSR count). The van der Waals surface area contributed by atoms with Crippen LogP contribution in [0.15, 0.2) is 23.8 Å². The molecule has 86 valence electrons. The Balaban J connectivity index is 2.00. The highest BCUT2D eigenvalue weighted by molar-refractivity contribution is 7.16. The van der Waals surface area contributed by atoms with Gasteiger partial charge in [0.25, 0.3) is 0 Å². The highest BCUT2D eigenvalue weighted by atomic mass is 35.5. The Morgan fingerprint density at radius 3 is 2.56 bits per heavy atom. The molecule has 0 radical (unpaired) electrons. The molecule has 2 heterocycles. The molecule has 0 saturated carbocycles. The van der Waals surface area contributed by atoms with Gasteiger partial charge in [-0.25, -0.2) is 0 Å². The molecule has 16 heavy (non-hydrogen) atoms. The van der Waals surface area contributed by atoms with Crippen molar-refractivity contribution in [2.24, 2.45) is 0 Å². The standard InChI is InChI=1S/C11H13ClN2S2/c1-7(9-3-4-11(12)16-9)14-8(2)10-5-13-6-15-10/h3-8,14H,1-2H3. The van der Waals surface area contributed by atoms with E-state index >= 15 is 0 Å². The summed E-state index contributed by atoms with van der Waals surface area (Å²) in [5.74, 6) is 0. The van der Waals surface area contributed by atoms with Gasteiger partial charge >= 0.3 is 0 Å². The molecular weight excluding hydrogens is 260 g/mol. The topological polar surface area (TPSA) is 24.9 Å². The lowest BCUT2D eigenvalue weighted by Gasteiger charge is -2.17. The Hall–Kier alpha value is -0.420. The SMILES string of the molecule is CC(NC(C)c1ccc(Cl)s1)c1cncs1. The van der Waals surface area contributed by atoms with Crippen LogP contribution in [0, 0.1) is 0 Å². The number of rotatable bonds is 4. The normalized spacial score (nSPS) is 14.9. The molecule has 0 aromatic carbocycles. The van der Waals surface area contributed by atoms with Crippen LogP contribution >= 0.6 is 34.3 Å². The smallest absolute Gasteiger partial charge is 0.0931 e. The number of nitrogens with one attached hydrogen (secondary N) is 1. The Morgan fingerprint density at radius 2 is 2.00 bits per heavy atom. The molecule has 0 fully saturated rings. The van der Waals surface area contributed by atoms with E-state index in [1.807, 2.05) is 17.8 Å². The van der Waals surface area contributed by atoms with Gasteiger partial charge in [0, 0.05) is 28.0 Å². The minimum Gasteiger partial charge on any atom is -0.302 e. The predicted molar refractivity (Wildman–Crippen MR) is 71.4 cm³/mol. The van der Waals surface area contributed by atoms with Crippen LogP contribution in [-0.2, 0) is 0 Å². The van der Waals surface area contributed by atoms with E-state index in [0.717, 1.165) is 4.34 Å². The summed E-state index contributed by atoms with van der Waals surface area (Å²) in [5.41, 5.74) is 1.86. The molecule has 2 unspecified atom stereocenters. The summed E-state index contributed by atoms with van der Waals surface area (Å²) in [5, 5.41) is 3.53. The Kier molecular flexibility index (Phi) is 3.97. The van der Waals surface area contributed by atoms with Crippen LogP contribution < -0.4 is 5.32 Å². The molecule has 0 aliphatic heterocycles. The van der Waals surface area contributed by atoms with Gasteiger partial charge < -0.3 is 5.32 Å². The van der Waals surface area contributed by atoms with E-state index in [4.69, 9.17) is 11.6 Å². The molecule has 0 aliphatic carbocycles. The first-order valence-electron chi connectivity index (χ1n) is 5.06. The van der Waals surface area contributed by atoms with Gasteiger partial charge in [-0.2, -0.15) is 0 Å². The first-order valence-corrected chi connectivity index (χ1v) is 7.14. The second kappa shape index (κ2) is 5.27. The first-order chi connectivity index (χ1) is 7.66. The Bertz CT molecular complexity index is 439. The zero-order valence-corrected chi connectivity index (χ0v) is 11.5. The molecule has 2 aromatic rings. The fourth-order valence-corrected chi connectivity index (χ4v) is 3.25. The van der Waals surface area contributed by atoms with Crippen LogP contribution in [0.1, 0.15) is 35.7 Å². The van der Waals surface area contributed by atoms with Crippen LogP contribution in [0.25, 0.3) is 0 Å². The molecule has 0 spiro atoms. The number of hydrogen-bond acceptors (Lipinski definition) is 4. The van der Waals surface area contributed by atoms with Crippen molar-refractivity contribution in [3.8, 4) is 0 Å². The molecule has 0 saturated heterocycles. The monoisotopic (exact) mass is 272 g/mol. The van der Waals surface area contributed by atoms with E-state index in [2.05, 4.69) is 30.2 Å². The van der Waals surface area contributed by atoms with Gasteiger partial charge in [0.2, 0.25) is 0 Å². The Morgan fingerprint density at radius 1 is 1.25 bits per heavy atom. The predicted octanol–water partition coefficient (Wildman–Crippen LogP) is 4.27. The third kappa shape index (κ3) is 2.83. The van der Waals surface area contributed by atoms with E-state index in [0.29, 0.717) is 12.1 Å². The molecule has 1 N–H and O–H groups in total. The van der Waals surface area contributed by atoms with Gasteiger partial charge in [0.1, 0.15) is 0 Å². The maximum Gasteiger partial charge on any atom is 0.0931 e. The highest BCUT2D eigenvalue weighted by Gasteiger charge is 2.13. The van der Waals surface area contributed by atoms with Crippen LogP contribution in [0.3, 0.4) is 0 Å². The highest BCUT2D eigenvalue weighted by Crippen LogP contribution is 2.28. The molecule has 5 heteroatoms. The molecule has 2 aromatic heterocycles. The molecule has 0 amide bonds. The number of thiophene rings is 1. The van der Waals surface area contributed by atoms with Crippen molar-refractivity contribution >= 4 is 34.3 Å². The minimum atomic E-state index is 0.314. The summed E-state index contributed by atoms with van der Waals surface area (Å²) in [6, 6.07) is 4.65. The average molecular weight is 273 g/mol. The minimum absolute atomic E-state index is 0.314. The summed E-state index contributed by atoms with van der Waals surface area (Å²) in [7, 11) is 0. The van der Waals surface area contributed by atoms with Gasteiger partial charge in [-0.3, -0.25) is 4.98 Å². The maximum absolute atomic E-state index is 5.92. The van der Waals surface area contributed by atoms with Crippen LogP contribution in [0.4, 0.5) is 0 Å². The second-order valence-corrected chi connectivity index (χ2v) is 6.32. The van der Waals surface area contributed by atoms with Crippen molar-refractivity contribution in [2.45, 2.75) is 25.9 Å². The maximum atomic E-state index is 5.92. The van der Waals surface area contributed by atoms with Gasteiger partial charge in [-0.15, -0.1) is 22.7 Å². The van der Waals surface area contributed by atoms with E-state index in [9.17, 15) is 0 Å². The van der Waals surface area contributed by atoms with Crippen LogP contribution in [-0.4, -0.2) is 4.98 Å². The number of nitrogens with zero attached hydrogens (tertiary/aromatic N) is 1. The van der Waals surface area contributed by atoms with E-state index < -0.39 is 0 Å². The van der Waals surface area contributed by atoms with E-state index in [1.54, 1.807) is 22.7 Å². The lowest BCUT2D eigenvalue weighted by atomic mass is 10.2. The quantitative estimate of drug-likeness (QED) is 0.899. The van der Waals surface area contributed by atoms with Crippen molar-refractivity contribution in [3.05, 3.63) is 37.9 Å². The first kappa shape index (κ1) is 12.0. The van der Waals surface area contributed by atoms with E-state index in [1.165, 1.54) is 9.75 Å². The summed E-state index contributed by atoms with van der Waals surface area (Å²) in [6.45, 7) is 4.30. The lowest BCUT2D eigenvalue weighted by molar-refractivity contribution is 0.505. The molecule has 2 nitrogen and oxygen atoms in total. The number of thiazole rings is 1. The summed E-state index contributed by atoms with van der Waals surface area (Å²) in [6.07, 6.45) is 1.91.